The van der Waals surface area contributed by atoms with Crippen molar-refractivity contribution < 1.29 is 8.42 Å². The quantitative estimate of drug-likeness (QED) is 0.885. The van der Waals surface area contributed by atoms with E-state index < -0.39 is 9.84 Å². The Morgan fingerprint density at radius 2 is 1.94 bits per heavy atom. The zero-order chi connectivity index (χ0) is 13.9. The number of hydrogen-bond donors (Lipinski definition) is 1. The lowest BCUT2D eigenvalue weighted by atomic mass is 10.0. The highest BCUT2D eigenvalue weighted by atomic mass is 32.2. The summed E-state index contributed by atoms with van der Waals surface area (Å²) in [6, 6.07) is 2.16. The molecule has 1 aromatic rings. The smallest absolute Gasteiger partial charge is 0.148 e. The van der Waals surface area contributed by atoms with Crippen molar-refractivity contribution in [3.8, 4) is 0 Å². The van der Waals surface area contributed by atoms with Crippen LogP contribution in [0.3, 0.4) is 0 Å². The fraction of sp³-hybridized carbons (Fsp3) is 0.615. The van der Waals surface area contributed by atoms with Crippen LogP contribution in [0.1, 0.15) is 35.5 Å². The van der Waals surface area contributed by atoms with Gasteiger partial charge in [-0.15, -0.1) is 0 Å². The summed E-state index contributed by atoms with van der Waals surface area (Å²) < 4.78 is 22.2. The number of aryl methyl sites for hydroxylation is 3. The third-order valence-corrected chi connectivity index (χ3v) is 3.89. The maximum absolute atomic E-state index is 11.1. The van der Waals surface area contributed by atoms with E-state index in [0.29, 0.717) is 6.54 Å². The summed E-state index contributed by atoms with van der Waals surface area (Å²) in [6.07, 6.45) is 1.25. The molecule has 0 aromatic carbocycles. The molecule has 1 N–H and O–H groups in total. The predicted octanol–water partition coefficient (Wildman–Crippen LogP) is 1.70. The topological polar surface area (TPSA) is 59.1 Å². The van der Waals surface area contributed by atoms with Gasteiger partial charge in [-0.3, -0.25) is 4.98 Å². The molecule has 0 fully saturated rings. The maximum Gasteiger partial charge on any atom is 0.148 e. The van der Waals surface area contributed by atoms with E-state index in [4.69, 9.17) is 0 Å². The van der Waals surface area contributed by atoms with Gasteiger partial charge in [-0.2, -0.15) is 0 Å². The standard InChI is InChI=1S/C13H22N2O2S/c1-9-8-10(2)15-12(4)13(9)11(3)14-6-7-18(5,16)17/h8,11,14H,6-7H2,1-5H3. The Labute approximate surface area is 110 Å². The van der Waals surface area contributed by atoms with Crippen molar-refractivity contribution >= 4 is 9.84 Å². The van der Waals surface area contributed by atoms with E-state index in [1.807, 2.05) is 20.8 Å². The van der Waals surface area contributed by atoms with Gasteiger partial charge in [-0.05, 0) is 44.9 Å². The summed E-state index contributed by atoms with van der Waals surface area (Å²) in [7, 11) is -2.91. The average molecular weight is 270 g/mol. The molecule has 1 aromatic heterocycles. The maximum atomic E-state index is 11.1. The molecule has 102 valence electrons. The molecule has 0 radical (unpaired) electrons. The summed E-state index contributed by atoms with van der Waals surface area (Å²) in [5.74, 6) is 0.161. The molecule has 0 spiro atoms. The third kappa shape index (κ3) is 4.38. The first-order chi connectivity index (χ1) is 8.20. The first-order valence-electron chi connectivity index (χ1n) is 6.06. The highest BCUT2D eigenvalue weighted by Crippen LogP contribution is 2.20. The molecule has 4 nitrogen and oxygen atoms in total. The van der Waals surface area contributed by atoms with Gasteiger partial charge in [0.2, 0.25) is 0 Å². The lowest BCUT2D eigenvalue weighted by Gasteiger charge is -2.19. The second-order valence-electron chi connectivity index (χ2n) is 4.89. The molecule has 0 bridgehead atoms. The minimum atomic E-state index is -2.91. The Bertz CT molecular complexity index is 501. The molecule has 0 amide bonds. The van der Waals surface area contributed by atoms with Crippen molar-refractivity contribution in [1.82, 2.24) is 10.3 Å². The first kappa shape index (κ1) is 15.1. The number of nitrogens with one attached hydrogen (secondary N) is 1. The molecule has 1 heterocycles. The van der Waals surface area contributed by atoms with Gasteiger partial charge in [0, 0.05) is 30.2 Å². The van der Waals surface area contributed by atoms with Crippen LogP contribution in [-0.4, -0.2) is 32.0 Å². The van der Waals surface area contributed by atoms with E-state index in [0.717, 1.165) is 17.0 Å². The van der Waals surface area contributed by atoms with E-state index >= 15 is 0 Å². The molecule has 0 aliphatic carbocycles. The summed E-state index contributed by atoms with van der Waals surface area (Å²) in [5.41, 5.74) is 4.37. The van der Waals surface area contributed by atoms with Crippen LogP contribution in [0.25, 0.3) is 0 Å². The number of hydrogen-bond acceptors (Lipinski definition) is 4. The van der Waals surface area contributed by atoms with Crippen molar-refractivity contribution in [2.24, 2.45) is 0 Å². The van der Waals surface area contributed by atoms with Gasteiger partial charge in [0.05, 0.1) is 5.75 Å². The normalized spacial score (nSPS) is 13.6. The summed E-state index contributed by atoms with van der Waals surface area (Å²) in [4.78, 5) is 4.45. The van der Waals surface area contributed by atoms with Gasteiger partial charge in [0.25, 0.3) is 0 Å². The van der Waals surface area contributed by atoms with Crippen LogP contribution in [0.5, 0.6) is 0 Å². The van der Waals surface area contributed by atoms with Crippen LogP contribution < -0.4 is 5.32 Å². The Morgan fingerprint density at radius 1 is 1.33 bits per heavy atom. The Hall–Kier alpha value is -0.940. The largest absolute Gasteiger partial charge is 0.309 e. The van der Waals surface area contributed by atoms with E-state index in [1.54, 1.807) is 0 Å². The number of pyridine rings is 1. The monoisotopic (exact) mass is 270 g/mol. The van der Waals surface area contributed by atoms with E-state index in [1.165, 1.54) is 11.8 Å². The van der Waals surface area contributed by atoms with Crippen LogP contribution in [0, 0.1) is 20.8 Å². The van der Waals surface area contributed by atoms with E-state index in [9.17, 15) is 8.42 Å². The van der Waals surface area contributed by atoms with Gasteiger partial charge in [-0.25, -0.2) is 8.42 Å². The summed E-state index contributed by atoms with van der Waals surface area (Å²) >= 11 is 0. The predicted molar refractivity (Wildman–Crippen MR) is 74.6 cm³/mol. The molecule has 0 saturated heterocycles. The molecule has 0 saturated carbocycles. The molecule has 1 rings (SSSR count). The lowest BCUT2D eigenvalue weighted by molar-refractivity contribution is 0.571. The molecule has 0 aliphatic heterocycles. The second kappa shape index (κ2) is 5.80. The lowest BCUT2D eigenvalue weighted by Crippen LogP contribution is -2.26. The van der Waals surface area contributed by atoms with Gasteiger partial charge < -0.3 is 5.32 Å². The number of aromatic nitrogens is 1. The highest BCUT2D eigenvalue weighted by Gasteiger charge is 2.13. The fourth-order valence-corrected chi connectivity index (χ4v) is 2.74. The van der Waals surface area contributed by atoms with Crippen molar-refractivity contribution in [3.05, 3.63) is 28.6 Å². The van der Waals surface area contributed by atoms with Crippen LogP contribution in [0.4, 0.5) is 0 Å². The summed E-state index contributed by atoms with van der Waals surface area (Å²) in [6.45, 7) is 8.53. The molecule has 0 aliphatic rings. The number of sulfone groups is 1. The van der Waals surface area contributed by atoms with E-state index in [2.05, 4.69) is 23.3 Å². The van der Waals surface area contributed by atoms with Crippen LogP contribution in [-0.2, 0) is 9.84 Å². The fourth-order valence-electron chi connectivity index (χ4n) is 2.25. The van der Waals surface area contributed by atoms with Gasteiger partial charge in [-0.1, -0.05) is 0 Å². The second-order valence-corrected chi connectivity index (χ2v) is 7.15. The van der Waals surface area contributed by atoms with Crippen molar-refractivity contribution in [1.29, 1.82) is 0 Å². The SMILES string of the molecule is Cc1cc(C)c(C(C)NCCS(C)(=O)=O)c(C)n1. The first-order valence-corrected chi connectivity index (χ1v) is 8.12. The zero-order valence-corrected chi connectivity index (χ0v) is 12.6. The van der Waals surface area contributed by atoms with E-state index in [-0.39, 0.29) is 11.8 Å². The average Bonchev–Trinajstić information content (AvgIpc) is 2.13. The highest BCUT2D eigenvalue weighted by molar-refractivity contribution is 7.90. The Morgan fingerprint density at radius 3 is 2.44 bits per heavy atom. The molecular weight excluding hydrogens is 248 g/mol. The zero-order valence-electron chi connectivity index (χ0n) is 11.7. The van der Waals surface area contributed by atoms with Gasteiger partial charge in [0.1, 0.15) is 9.84 Å². The molecular formula is C13H22N2O2S. The van der Waals surface area contributed by atoms with Gasteiger partial charge >= 0.3 is 0 Å². The Balaban J connectivity index is 2.76. The molecule has 18 heavy (non-hydrogen) atoms. The van der Waals surface area contributed by atoms with Crippen molar-refractivity contribution in [3.63, 3.8) is 0 Å². The number of rotatable bonds is 5. The van der Waals surface area contributed by atoms with Crippen molar-refractivity contribution in [2.75, 3.05) is 18.6 Å². The van der Waals surface area contributed by atoms with Gasteiger partial charge in [0.15, 0.2) is 0 Å². The third-order valence-electron chi connectivity index (χ3n) is 2.94. The van der Waals surface area contributed by atoms with Crippen molar-refractivity contribution in [2.45, 2.75) is 33.7 Å². The van der Waals surface area contributed by atoms with Crippen LogP contribution in [0.15, 0.2) is 6.07 Å². The molecule has 5 heteroatoms. The minimum Gasteiger partial charge on any atom is -0.309 e. The summed E-state index contributed by atoms with van der Waals surface area (Å²) in [5, 5.41) is 3.24. The number of nitrogens with zero attached hydrogens (tertiary/aromatic N) is 1. The Kier molecular flexibility index (Phi) is 4.87. The van der Waals surface area contributed by atoms with Crippen LogP contribution in [0.2, 0.25) is 0 Å². The minimum absolute atomic E-state index is 0.111. The molecule has 1 atom stereocenters. The van der Waals surface area contributed by atoms with Crippen LogP contribution >= 0.6 is 0 Å². The molecule has 1 unspecified atom stereocenters.